The van der Waals surface area contributed by atoms with Crippen LogP contribution in [0, 0.1) is 0 Å². The average Bonchev–Trinajstić information content (AvgIpc) is 2.52. The smallest absolute Gasteiger partial charge is 0.226 e. The summed E-state index contributed by atoms with van der Waals surface area (Å²) in [5, 5.41) is 3.87. The lowest BCUT2D eigenvalue weighted by molar-refractivity contribution is 0.368. The molecule has 0 fully saturated rings. The molecule has 1 unspecified atom stereocenters. The summed E-state index contributed by atoms with van der Waals surface area (Å²) in [4.78, 5) is 4.26. The van der Waals surface area contributed by atoms with Gasteiger partial charge in [0.25, 0.3) is 0 Å². The van der Waals surface area contributed by atoms with Crippen LogP contribution >= 0.6 is 0 Å². The van der Waals surface area contributed by atoms with Gasteiger partial charge in [-0.1, -0.05) is 24.9 Å². The molecule has 0 amide bonds. The Bertz CT molecular complexity index is 258. The molecule has 1 rings (SSSR count). The van der Waals surface area contributed by atoms with E-state index >= 15 is 0 Å². The van der Waals surface area contributed by atoms with Crippen molar-refractivity contribution in [1.29, 1.82) is 0 Å². The molecule has 0 bridgehead atoms. The number of nitrogens with two attached hydrogens (primary N) is 1. The Morgan fingerprint density at radius 3 is 2.86 bits per heavy atom. The molecule has 0 aromatic carbocycles. The van der Waals surface area contributed by atoms with Gasteiger partial charge in [0.15, 0.2) is 5.82 Å². The molecule has 4 heteroatoms. The van der Waals surface area contributed by atoms with E-state index in [1.165, 1.54) is 12.8 Å². The second kappa shape index (κ2) is 5.75. The molecule has 0 radical (unpaired) electrons. The summed E-state index contributed by atoms with van der Waals surface area (Å²) in [7, 11) is 0. The van der Waals surface area contributed by atoms with Gasteiger partial charge in [0.2, 0.25) is 5.89 Å². The second-order valence-electron chi connectivity index (χ2n) is 3.74. The second-order valence-corrected chi connectivity index (χ2v) is 3.74. The molecule has 0 saturated carbocycles. The number of unbranched alkanes of at least 4 members (excludes halogenated alkanes) is 2. The number of nitrogens with zero attached hydrogens (tertiary/aromatic N) is 2. The van der Waals surface area contributed by atoms with Gasteiger partial charge in [0.1, 0.15) is 0 Å². The van der Waals surface area contributed by atoms with Crippen molar-refractivity contribution in [3.63, 3.8) is 0 Å². The van der Waals surface area contributed by atoms with E-state index in [0.29, 0.717) is 6.42 Å². The van der Waals surface area contributed by atoms with Crippen molar-refractivity contribution in [2.45, 2.75) is 52.0 Å². The van der Waals surface area contributed by atoms with Crippen molar-refractivity contribution in [2.75, 3.05) is 0 Å². The number of aromatic nitrogens is 2. The molecule has 0 aliphatic carbocycles. The summed E-state index contributed by atoms with van der Waals surface area (Å²) in [5.41, 5.74) is 5.63. The molecule has 0 aliphatic rings. The van der Waals surface area contributed by atoms with Gasteiger partial charge in [-0.25, -0.2) is 0 Å². The summed E-state index contributed by atoms with van der Waals surface area (Å²) in [6.45, 7) is 4.11. The fourth-order valence-electron chi connectivity index (χ4n) is 1.29. The number of hydrogen-bond donors (Lipinski definition) is 1. The van der Waals surface area contributed by atoms with Gasteiger partial charge in [0, 0.05) is 18.9 Å². The molecule has 0 saturated heterocycles. The highest BCUT2D eigenvalue weighted by Gasteiger charge is 2.07. The third-order valence-corrected chi connectivity index (χ3v) is 2.01. The monoisotopic (exact) mass is 197 g/mol. The predicted octanol–water partition coefficient (Wildman–Crippen LogP) is 1.69. The zero-order chi connectivity index (χ0) is 10.4. The maximum Gasteiger partial charge on any atom is 0.226 e. The Balaban J connectivity index is 2.35. The van der Waals surface area contributed by atoms with E-state index < -0.39 is 0 Å². The van der Waals surface area contributed by atoms with Gasteiger partial charge in [-0.2, -0.15) is 4.98 Å². The quantitative estimate of drug-likeness (QED) is 0.705. The van der Waals surface area contributed by atoms with Gasteiger partial charge in [-0.05, 0) is 13.3 Å². The van der Waals surface area contributed by atoms with E-state index in [1.807, 2.05) is 6.92 Å². The van der Waals surface area contributed by atoms with Crippen LogP contribution in [0.2, 0.25) is 0 Å². The molecule has 80 valence electrons. The summed E-state index contributed by atoms with van der Waals surface area (Å²) in [6, 6.07) is 0.0936. The SMILES string of the molecule is CCCCCc1nc(CC(C)N)no1. The standard InChI is InChI=1S/C10H19N3O/c1-3-4-5-6-10-12-9(13-14-10)7-8(2)11/h8H,3-7,11H2,1-2H3. The Morgan fingerprint density at radius 1 is 1.43 bits per heavy atom. The molecule has 1 aromatic rings. The van der Waals surface area contributed by atoms with Crippen molar-refractivity contribution in [3.05, 3.63) is 11.7 Å². The minimum atomic E-state index is 0.0936. The van der Waals surface area contributed by atoms with Crippen molar-refractivity contribution < 1.29 is 4.52 Å². The first-order chi connectivity index (χ1) is 6.72. The van der Waals surface area contributed by atoms with Crippen LogP contribution in [0.1, 0.15) is 44.8 Å². The summed E-state index contributed by atoms with van der Waals surface area (Å²) in [5.74, 6) is 1.47. The Kier molecular flexibility index (Phi) is 4.59. The van der Waals surface area contributed by atoms with Crippen LogP contribution in [-0.2, 0) is 12.8 Å². The minimum Gasteiger partial charge on any atom is -0.339 e. The maximum absolute atomic E-state index is 5.63. The fraction of sp³-hybridized carbons (Fsp3) is 0.800. The predicted molar refractivity (Wildman–Crippen MR) is 54.9 cm³/mol. The van der Waals surface area contributed by atoms with Gasteiger partial charge >= 0.3 is 0 Å². The van der Waals surface area contributed by atoms with Crippen molar-refractivity contribution in [3.8, 4) is 0 Å². The van der Waals surface area contributed by atoms with E-state index in [-0.39, 0.29) is 6.04 Å². The van der Waals surface area contributed by atoms with Crippen LogP contribution < -0.4 is 5.73 Å². The Hall–Kier alpha value is -0.900. The van der Waals surface area contributed by atoms with E-state index in [9.17, 15) is 0 Å². The van der Waals surface area contributed by atoms with Crippen LogP contribution in [-0.4, -0.2) is 16.2 Å². The largest absolute Gasteiger partial charge is 0.339 e. The number of aryl methyl sites for hydroxylation is 1. The zero-order valence-electron chi connectivity index (χ0n) is 8.99. The van der Waals surface area contributed by atoms with Crippen LogP contribution in [0.25, 0.3) is 0 Å². The number of hydrogen-bond acceptors (Lipinski definition) is 4. The van der Waals surface area contributed by atoms with Crippen LogP contribution in [0.15, 0.2) is 4.52 Å². The normalized spacial score (nSPS) is 13.1. The van der Waals surface area contributed by atoms with Gasteiger partial charge < -0.3 is 10.3 Å². The lowest BCUT2D eigenvalue weighted by Crippen LogP contribution is -2.18. The van der Waals surface area contributed by atoms with Crippen LogP contribution in [0.4, 0.5) is 0 Å². The third kappa shape index (κ3) is 3.87. The highest BCUT2D eigenvalue weighted by atomic mass is 16.5. The van der Waals surface area contributed by atoms with E-state index in [2.05, 4.69) is 17.1 Å². The first-order valence-corrected chi connectivity index (χ1v) is 5.29. The summed E-state index contributed by atoms with van der Waals surface area (Å²) < 4.78 is 5.10. The molecule has 1 aromatic heterocycles. The van der Waals surface area contributed by atoms with Crippen LogP contribution in [0.5, 0.6) is 0 Å². The first kappa shape index (κ1) is 11.2. The van der Waals surface area contributed by atoms with Crippen LogP contribution in [0.3, 0.4) is 0 Å². The summed E-state index contributed by atoms with van der Waals surface area (Å²) >= 11 is 0. The molecular weight excluding hydrogens is 178 g/mol. The molecule has 1 atom stereocenters. The van der Waals surface area contributed by atoms with E-state index in [0.717, 1.165) is 24.6 Å². The molecular formula is C10H19N3O. The minimum absolute atomic E-state index is 0.0936. The Labute approximate surface area is 84.9 Å². The maximum atomic E-state index is 5.63. The highest BCUT2D eigenvalue weighted by molar-refractivity contribution is 4.88. The highest BCUT2D eigenvalue weighted by Crippen LogP contribution is 2.05. The molecule has 2 N–H and O–H groups in total. The van der Waals surface area contributed by atoms with Gasteiger partial charge in [0.05, 0.1) is 0 Å². The molecule has 4 nitrogen and oxygen atoms in total. The lowest BCUT2D eigenvalue weighted by atomic mass is 10.2. The van der Waals surface area contributed by atoms with Gasteiger partial charge in [-0.15, -0.1) is 0 Å². The molecule has 14 heavy (non-hydrogen) atoms. The zero-order valence-corrected chi connectivity index (χ0v) is 8.99. The Morgan fingerprint density at radius 2 is 2.21 bits per heavy atom. The molecule has 0 spiro atoms. The van der Waals surface area contributed by atoms with Gasteiger partial charge in [-0.3, -0.25) is 0 Å². The lowest BCUT2D eigenvalue weighted by Gasteiger charge is -1.96. The van der Waals surface area contributed by atoms with E-state index in [4.69, 9.17) is 10.3 Å². The van der Waals surface area contributed by atoms with E-state index in [1.54, 1.807) is 0 Å². The fourth-order valence-corrected chi connectivity index (χ4v) is 1.29. The number of rotatable bonds is 6. The molecule has 0 aliphatic heterocycles. The van der Waals surface area contributed by atoms with Crippen molar-refractivity contribution in [1.82, 2.24) is 10.1 Å². The van der Waals surface area contributed by atoms with Crippen molar-refractivity contribution in [2.24, 2.45) is 5.73 Å². The molecule has 1 heterocycles. The summed E-state index contributed by atoms with van der Waals surface area (Å²) in [6.07, 6.45) is 5.12. The average molecular weight is 197 g/mol. The topological polar surface area (TPSA) is 64.9 Å². The van der Waals surface area contributed by atoms with Crippen molar-refractivity contribution >= 4 is 0 Å². The third-order valence-electron chi connectivity index (χ3n) is 2.01. The first-order valence-electron chi connectivity index (χ1n) is 5.29.